The Bertz CT molecular complexity index is 1160. The zero-order valence-electron chi connectivity index (χ0n) is 17.4. The average Bonchev–Trinajstić information content (AvgIpc) is 3.18. The van der Waals surface area contributed by atoms with Crippen LogP contribution in [0.25, 0.3) is 10.6 Å². The third-order valence-electron chi connectivity index (χ3n) is 5.25. The molecule has 7 heteroatoms. The van der Waals surface area contributed by atoms with Gasteiger partial charge in [-0.2, -0.15) is 0 Å². The number of ether oxygens (including phenoxy) is 1. The maximum absolute atomic E-state index is 12.6. The van der Waals surface area contributed by atoms with E-state index in [0.717, 1.165) is 28.2 Å². The van der Waals surface area contributed by atoms with E-state index in [0.29, 0.717) is 29.0 Å². The standard InChI is InChI=1S/C24H22N2O4S/c1-3-15-4-6-16(7-5-15)23-25-14(2)22(31-23)24(29)30-13-20(27)18-8-10-19-17(12-18)9-11-21(28)26-19/h4-8,10,12H,3,9,11,13H2,1-2H3,(H,26,28). The molecule has 0 aliphatic carbocycles. The molecular weight excluding hydrogens is 412 g/mol. The van der Waals surface area contributed by atoms with Crippen LogP contribution in [-0.4, -0.2) is 29.3 Å². The molecule has 2 aromatic carbocycles. The van der Waals surface area contributed by atoms with E-state index in [1.165, 1.54) is 16.9 Å². The molecule has 3 aromatic rings. The van der Waals surface area contributed by atoms with Gasteiger partial charge in [-0.15, -0.1) is 11.3 Å². The second kappa shape index (κ2) is 8.81. The summed E-state index contributed by atoms with van der Waals surface area (Å²) in [6.45, 7) is 3.51. The van der Waals surface area contributed by atoms with Gasteiger partial charge in [-0.05, 0) is 49.1 Å². The molecule has 0 atom stereocenters. The second-order valence-corrected chi connectivity index (χ2v) is 8.40. The summed E-state index contributed by atoms with van der Waals surface area (Å²) < 4.78 is 5.28. The molecular formula is C24H22N2O4S. The number of anilines is 1. The number of carbonyl (C=O) groups excluding carboxylic acids is 3. The number of hydrogen-bond acceptors (Lipinski definition) is 6. The number of amides is 1. The molecule has 2 heterocycles. The minimum Gasteiger partial charge on any atom is -0.453 e. The number of nitrogens with one attached hydrogen (secondary N) is 1. The zero-order valence-corrected chi connectivity index (χ0v) is 18.2. The van der Waals surface area contributed by atoms with Gasteiger partial charge in [0.2, 0.25) is 5.91 Å². The van der Waals surface area contributed by atoms with Crippen LogP contribution in [0.1, 0.15) is 50.2 Å². The number of fused-ring (bicyclic) bond motifs is 1. The van der Waals surface area contributed by atoms with Crippen molar-refractivity contribution in [2.24, 2.45) is 0 Å². The molecule has 1 aromatic heterocycles. The number of rotatable bonds is 6. The average molecular weight is 435 g/mol. The van der Waals surface area contributed by atoms with Crippen LogP contribution in [0.2, 0.25) is 0 Å². The van der Waals surface area contributed by atoms with E-state index >= 15 is 0 Å². The van der Waals surface area contributed by atoms with E-state index in [-0.39, 0.29) is 18.3 Å². The number of carbonyl (C=O) groups is 3. The van der Waals surface area contributed by atoms with Crippen LogP contribution in [0.5, 0.6) is 0 Å². The molecule has 0 radical (unpaired) electrons. The molecule has 31 heavy (non-hydrogen) atoms. The van der Waals surface area contributed by atoms with Crippen LogP contribution in [-0.2, 0) is 22.4 Å². The Kier molecular flexibility index (Phi) is 5.95. The lowest BCUT2D eigenvalue weighted by Crippen LogP contribution is -2.20. The summed E-state index contributed by atoms with van der Waals surface area (Å²) in [5.74, 6) is -0.864. The predicted molar refractivity (Wildman–Crippen MR) is 120 cm³/mol. The van der Waals surface area contributed by atoms with Gasteiger partial charge in [-0.1, -0.05) is 31.2 Å². The summed E-state index contributed by atoms with van der Waals surface area (Å²) in [6.07, 6.45) is 1.94. The molecule has 1 N–H and O–H groups in total. The lowest BCUT2D eigenvalue weighted by molar-refractivity contribution is -0.116. The number of aryl methyl sites for hydroxylation is 3. The Hall–Kier alpha value is -3.32. The molecule has 0 saturated heterocycles. The van der Waals surface area contributed by atoms with Gasteiger partial charge < -0.3 is 10.1 Å². The smallest absolute Gasteiger partial charge is 0.350 e. The number of nitrogens with zero attached hydrogens (tertiary/aromatic N) is 1. The Morgan fingerprint density at radius 2 is 1.90 bits per heavy atom. The van der Waals surface area contributed by atoms with Crippen molar-refractivity contribution in [1.29, 1.82) is 0 Å². The number of esters is 1. The first-order valence-corrected chi connectivity index (χ1v) is 11.0. The van der Waals surface area contributed by atoms with E-state index in [4.69, 9.17) is 4.74 Å². The normalized spacial score (nSPS) is 12.8. The molecule has 0 fully saturated rings. The van der Waals surface area contributed by atoms with E-state index in [9.17, 15) is 14.4 Å². The minimum absolute atomic E-state index is 0.0268. The number of thiazole rings is 1. The van der Waals surface area contributed by atoms with Gasteiger partial charge in [0.15, 0.2) is 12.4 Å². The molecule has 0 saturated carbocycles. The third-order valence-corrected chi connectivity index (χ3v) is 6.43. The molecule has 0 unspecified atom stereocenters. The van der Waals surface area contributed by atoms with Crippen LogP contribution in [0.3, 0.4) is 0 Å². The van der Waals surface area contributed by atoms with Gasteiger partial charge in [0.25, 0.3) is 0 Å². The van der Waals surface area contributed by atoms with Crippen LogP contribution < -0.4 is 5.32 Å². The van der Waals surface area contributed by atoms with Gasteiger partial charge in [0.05, 0.1) is 5.69 Å². The molecule has 6 nitrogen and oxygen atoms in total. The fourth-order valence-electron chi connectivity index (χ4n) is 3.43. The number of aromatic nitrogens is 1. The van der Waals surface area contributed by atoms with Crippen molar-refractivity contribution in [3.8, 4) is 10.6 Å². The fraction of sp³-hybridized carbons (Fsp3) is 0.250. The maximum Gasteiger partial charge on any atom is 0.350 e. The summed E-state index contributed by atoms with van der Waals surface area (Å²) in [4.78, 5) is 41.4. The topological polar surface area (TPSA) is 85.4 Å². The highest BCUT2D eigenvalue weighted by Crippen LogP contribution is 2.29. The van der Waals surface area contributed by atoms with E-state index in [1.54, 1.807) is 25.1 Å². The first-order chi connectivity index (χ1) is 14.9. The molecule has 1 aliphatic rings. The van der Waals surface area contributed by atoms with E-state index < -0.39 is 5.97 Å². The molecule has 0 bridgehead atoms. The largest absolute Gasteiger partial charge is 0.453 e. The highest BCUT2D eigenvalue weighted by molar-refractivity contribution is 7.17. The molecule has 1 amide bonds. The summed E-state index contributed by atoms with van der Waals surface area (Å²) in [5.41, 5.74) is 4.86. The number of Topliss-reactive ketones (excluding diaryl/α,β-unsaturated/α-hetero) is 1. The lowest BCUT2D eigenvalue weighted by Gasteiger charge is -2.17. The van der Waals surface area contributed by atoms with Crippen LogP contribution >= 0.6 is 11.3 Å². The SMILES string of the molecule is CCc1ccc(-c2nc(C)c(C(=O)OCC(=O)c3ccc4c(c3)CCC(=O)N4)s2)cc1. The highest BCUT2D eigenvalue weighted by atomic mass is 32.1. The molecule has 0 spiro atoms. The maximum atomic E-state index is 12.6. The predicted octanol–water partition coefficient (Wildman–Crippen LogP) is 4.61. The molecule has 4 rings (SSSR count). The summed E-state index contributed by atoms with van der Waals surface area (Å²) in [5, 5.41) is 3.53. The number of ketones is 1. The van der Waals surface area contributed by atoms with Crippen LogP contribution in [0.4, 0.5) is 5.69 Å². The fourth-order valence-corrected chi connectivity index (χ4v) is 4.39. The van der Waals surface area contributed by atoms with Crippen molar-refractivity contribution in [3.05, 3.63) is 69.7 Å². The van der Waals surface area contributed by atoms with Crippen molar-refractivity contribution in [2.45, 2.75) is 33.1 Å². The monoisotopic (exact) mass is 434 g/mol. The van der Waals surface area contributed by atoms with Crippen LogP contribution in [0, 0.1) is 6.92 Å². The molecule has 1 aliphatic heterocycles. The van der Waals surface area contributed by atoms with Crippen molar-refractivity contribution < 1.29 is 19.1 Å². The Labute approximate surface area is 184 Å². The quantitative estimate of drug-likeness (QED) is 0.452. The first-order valence-electron chi connectivity index (χ1n) is 10.1. The summed E-state index contributed by atoms with van der Waals surface area (Å²) in [6, 6.07) is 13.2. The first kappa shape index (κ1) is 20.9. The minimum atomic E-state index is -0.551. The van der Waals surface area contributed by atoms with Gasteiger partial charge in [-0.3, -0.25) is 9.59 Å². The molecule has 158 valence electrons. The third kappa shape index (κ3) is 4.56. The van der Waals surface area contributed by atoms with Crippen molar-refractivity contribution in [1.82, 2.24) is 4.98 Å². The van der Waals surface area contributed by atoms with Crippen molar-refractivity contribution in [3.63, 3.8) is 0 Å². The van der Waals surface area contributed by atoms with Crippen LogP contribution in [0.15, 0.2) is 42.5 Å². The zero-order chi connectivity index (χ0) is 22.0. The lowest BCUT2D eigenvalue weighted by atomic mass is 9.99. The second-order valence-electron chi connectivity index (χ2n) is 7.40. The van der Waals surface area contributed by atoms with E-state index in [2.05, 4.69) is 17.2 Å². The summed E-state index contributed by atoms with van der Waals surface area (Å²) >= 11 is 1.26. The Morgan fingerprint density at radius 1 is 1.13 bits per heavy atom. The highest BCUT2D eigenvalue weighted by Gasteiger charge is 2.20. The van der Waals surface area contributed by atoms with E-state index in [1.807, 2.05) is 24.3 Å². The van der Waals surface area contributed by atoms with Gasteiger partial charge >= 0.3 is 5.97 Å². The Morgan fingerprint density at radius 3 is 2.65 bits per heavy atom. The van der Waals surface area contributed by atoms with Gasteiger partial charge in [0, 0.05) is 23.2 Å². The van der Waals surface area contributed by atoms with Gasteiger partial charge in [-0.25, -0.2) is 9.78 Å². The number of hydrogen-bond donors (Lipinski definition) is 1. The number of benzene rings is 2. The van der Waals surface area contributed by atoms with Crippen molar-refractivity contribution >= 4 is 34.7 Å². The summed E-state index contributed by atoms with van der Waals surface area (Å²) in [7, 11) is 0. The Balaban J connectivity index is 1.42. The van der Waals surface area contributed by atoms with Gasteiger partial charge in [0.1, 0.15) is 9.88 Å². The van der Waals surface area contributed by atoms with Crippen molar-refractivity contribution in [2.75, 3.05) is 11.9 Å².